The van der Waals surface area contributed by atoms with Crippen LogP contribution < -0.4 is 0 Å². The zero-order valence-electron chi connectivity index (χ0n) is 11.2. The van der Waals surface area contributed by atoms with Gasteiger partial charge in [-0.3, -0.25) is 0 Å². The van der Waals surface area contributed by atoms with Crippen LogP contribution in [0.2, 0.25) is 5.02 Å². The zero-order valence-corrected chi connectivity index (χ0v) is 11.9. The number of benzene rings is 2. The number of aromatic hydroxyl groups is 5. The van der Waals surface area contributed by atoms with Crippen LogP contribution in [0.25, 0.3) is 0 Å². The molecule has 0 aliphatic heterocycles. The van der Waals surface area contributed by atoms with Crippen molar-refractivity contribution < 1.29 is 30.6 Å². The third-order valence-corrected chi connectivity index (χ3v) is 4.23. The second kappa shape index (κ2) is 4.86. The maximum Gasteiger partial charge on any atom is 0.208 e. The molecule has 3 rings (SSSR count). The number of aliphatic hydroxyl groups is 1. The Kier molecular flexibility index (Phi) is 3.23. The first-order valence-corrected chi connectivity index (χ1v) is 6.86. The molecule has 22 heavy (non-hydrogen) atoms. The van der Waals surface area contributed by atoms with Crippen molar-refractivity contribution in [3.63, 3.8) is 0 Å². The van der Waals surface area contributed by atoms with Gasteiger partial charge in [-0.2, -0.15) is 0 Å². The van der Waals surface area contributed by atoms with Crippen LogP contribution in [0.15, 0.2) is 18.2 Å². The first kappa shape index (κ1) is 14.6. The summed E-state index contributed by atoms with van der Waals surface area (Å²) in [5, 5.41) is 59.3. The Labute approximate surface area is 130 Å². The second-order valence-electron chi connectivity index (χ2n) is 5.23. The molecule has 6 nitrogen and oxygen atoms in total. The number of halogens is 1. The quantitative estimate of drug-likeness (QED) is 0.354. The Bertz CT molecular complexity index is 744. The molecule has 0 spiro atoms. The lowest BCUT2D eigenvalue weighted by Gasteiger charge is -2.18. The zero-order chi connectivity index (χ0) is 16.2. The molecule has 0 fully saturated rings. The van der Waals surface area contributed by atoms with E-state index >= 15 is 0 Å². The number of aliphatic hydroxyl groups excluding tert-OH is 1. The molecule has 2 atom stereocenters. The summed E-state index contributed by atoms with van der Waals surface area (Å²) >= 11 is 5.89. The Morgan fingerprint density at radius 3 is 1.95 bits per heavy atom. The van der Waals surface area contributed by atoms with E-state index in [0.717, 1.165) is 0 Å². The SMILES string of the molecule is Oc1c(O)c(O)c([C@@H]2CC(O)c3cc(Cl)ccc32)c(O)c1O. The van der Waals surface area contributed by atoms with Crippen LogP contribution in [-0.4, -0.2) is 30.6 Å². The van der Waals surface area contributed by atoms with Gasteiger partial charge in [-0.25, -0.2) is 0 Å². The average molecular weight is 325 g/mol. The highest BCUT2D eigenvalue weighted by molar-refractivity contribution is 6.30. The van der Waals surface area contributed by atoms with Crippen LogP contribution in [0.3, 0.4) is 0 Å². The van der Waals surface area contributed by atoms with E-state index in [9.17, 15) is 30.6 Å². The molecule has 0 aromatic heterocycles. The van der Waals surface area contributed by atoms with Crippen molar-refractivity contribution in [3.8, 4) is 28.7 Å². The van der Waals surface area contributed by atoms with Gasteiger partial charge >= 0.3 is 0 Å². The van der Waals surface area contributed by atoms with Gasteiger partial charge in [0.15, 0.2) is 11.5 Å². The first-order valence-electron chi connectivity index (χ1n) is 6.49. The fraction of sp³-hybridized carbons (Fsp3) is 0.200. The minimum absolute atomic E-state index is 0.125. The van der Waals surface area contributed by atoms with Crippen LogP contribution in [0.4, 0.5) is 0 Å². The van der Waals surface area contributed by atoms with E-state index in [1.807, 2.05) is 0 Å². The molecule has 6 N–H and O–H groups in total. The monoisotopic (exact) mass is 324 g/mol. The van der Waals surface area contributed by atoms with Gasteiger partial charge in [0.2, 0.25) is 17.2 Å². The maximum absolute atomic E-state index is 10.1. The number of hydrogen-bond acceptors (Lipinski definition) is 6. The van der Waals surface area contributed by atoms with E-state index in [2.05, 4.69) is 0 Å². The summed E-state index contributed by atoms with van der Waals surface area (Å²) in [4.78, 5) is 0. The highest BCUT2D eigenvalue weighted by Crippen LogP contribution is 2.57. The molecule has 2 aromatic rings. The van der Waals surface area contributed by atoms with Crippen LogP contribution in [-0.2, 0) is 0 Å². The lowest BCUT2D eigenvalue weighted by atomic mass is 9.90. The largest absolute Gasteiger partial charge is 0.504 e. The van der Waals surface area contributed by atoms with Crippen LogP contribution in [0.5, 0.6) is 28.7 Å². The van der Waals surface area contributed by atoms with Crippen molar-refractivity contribution >= 4 is 11.6 Å². The van der Waals surface area contributed by atoms with E-state index in [-0.39, 0.29) is 12.0 Å². The second-order valence-corrected chi connectivity index (χ2v) is 5.67. The number of hydrogen-bond donors (Lipinski definition) is 6. The third-order valence-electron chi connectivity index (χ3n) is 4.00. The standard InChI is InChI=1S/C15H13ClO6/c16-5-1-2-6-7(3-5)9(17)4-8(6)10-11(18)13(20)15(22)14(21)12(10)19/h1-3,8-9,17-22H,4H2/t8-,9?/m1/s1. The van der Waals surface area contributed by atoms with Crippen molar-refractivity contribution in [2.24, 2.45) is 0 Å². The minimum Gasteiger partial charge on any atom is -0.504 e. The molecule has 1 unspecified atom stereocenters. The molecule has 116 valence electrons. The predicted octanol–water partition coefficient (Wildman–Crippen LogP) is 2.44. The van der Waals surface area contributed by atoms with Crippen molar-refractivity contribution in [2.45, 2.75) is 18.4 Å². The molecule has 2 aromatic carbocycles. The maximum atomic E-state index is 10.1. The van der Waals surface area contributed by atoms with Gasteiger partial charge in [-0.15, -0.1) is 0 Å². The third kappa shape index (κ3) is 1.92. The van der Waals surface area contributed by atoms with E-state index in [4.69, 9.17) is 11.6 Å². The molecule has 1 aliphatic carbocycles. The highest BCUT2D eigenvalue weighted by Gasteiger charge is 2.37. The smallest absolute Gasteiger partial charge is 0.208 e. The van der Waals surface area contributed by atoms with E-state index in [1.165, 1.54) is 0 Å². The van der Waals surface area contributed by atoms with E-state index in [1.54, 1.807) is 18.2 Å². The van der Waals surface area contributed by atoms with Crippen molar-refractivity contribution in [1.29, 1.82) is 0 Å². The highest BCUT2D eigenvalue weighted by atomic mass is 35.5. The molecule has 7 heteroatoms. The minimum atomic E-state index is -1.01. The predicted molar refractivity (Wildman–Crippen MR) is 77.6 cm³/mol. The van der Waals surface area contributed by atoms with E-state index in [0.29, 0.717) is 16.1 Å². The Hall–Kier alpha value is -2.31. The van der Waals surface area contributed by atoms with Gasteiger partial charge in [-0.1, -0.05) is 17.7 Å². The molecule has 0 saturated heterocycles. The summed E-state index contributed by atoms with van der Waals surface area (Å²) in [6.07, 6.45) is -0.740. The number of rotatable bonds is 1. The van der Waals surface area contributed by atoms with Gasteiger partial charge < -0.3 is 30.6 Å². The van der Waals surface area contributed by atoms with Gasteiger partial charge in [0, 0.05) is 10.9 Å². The van der Waals surface area contributed by atoms with Gasteiger partial charge in [0.25, 0.3) is 0 Å². The molecule has 0 radical (unpaired) electrons. The van der Waals surface area contributed by atoms with Crippen LogP contribution in [0, 0.1) is 0 Å². The van der Waals surface area contributed by atoms with Gasteiger partial charge in [-0.05, 0) is 29.7 Å². The van der Waals surface area contributed by atoms with Crippen LogP contribution in [0.1, 0.15) is 35.1 Å². The molecule has 0 saturated carbocycles. The molecule has 1 aliphatic rings. The fourth-order valence-corrected chi connectivity index (χ4v) is 3.12. The van der Waals surface area contributed by atoms with E-state index < -0.39 is 40.8 Å². The lowest BCUT2D eigenvalue weighted by molar-refractivity contribution is 0.175. The van der Waals surface area contributed by atoms with Crippen molar-refractivity contribution in [2.75, 3.05) is 0 Å². The molecule has 0 amide bonds. The lowest BCUT2D eigenvalue weighted by Crippen LogP contribution is -1.99. The topological polar surface area (TPSA) is 121 Å². The fourth-order valence-electron chi connectivity index (χ4n) is 2.94. The summed E-state index contributed by atoms with van der Waals surface area (Å²) in [6, 6.07) is 4.81. The van der Waals surface area contributed by atoms with Crippen LogP contribution >= 0.6 is 11.6 Å². The Morgan fingerprint density at radius 1 is 0.818 bits per heavy atom. The van der Waals surface area contributed by atoms with Crippen molar-refractivity contribution in [3.05, 3.63) is 39.9 Å². The summed E-state index contributed by atoms with van der Waals surface area (Å²) in [5.41, 5.74) is 0.989. The number of phenolic OH excluding ortho intramolecular Hbond substituents is 5. The normalized spacial score (nSPS) is 20.1. The number of fused-ring (bicyclic) bond motifs is 1. The Morgan fingerprint density at radius 2 is 1.36 bits per heavy atom. The molecule has 0 bridgehead atoms. The summed E-state index contributed by atoms with van der Waals surface area (Å²) in [6.45, 7) is 0. The molecular formula is C15H13ClO6. The summed E-state index contributed by atoms with van der Waals surface area (Å²) in [7, 11) is 0. The first-order chi connectivity index (χ1) is 10.3. The van der Waals surface area contributed by atoms with Crippen molar-refractivity contribution in [1.82, 2.24) is 0 Å². The summed E-state index contributed by atoms with van der Waals surface area (Å²) in [5.74, 6) is -5.02. The van der Waals surface area contributed by atoms with Gasteiger partial charge in [0.1, 0.15) is 0 Å². The number of phenols is 5. The average Bonchev–Trinajstić information content (AvgIpc) is 2.80. The molecule has 0 heterocycles. The molecular weight excluding hydrogens is 312 g/mol. The Balaban J connectivity index is 2.23. The van der Waals surface area contributed by atoms with Gasteiger partial charge in [0.05, 0.1) is 11.7 Å². The summed E-state index contributed by atoms with van der Waals surface area (Å²) < 4.78 is 0.